The second-order valence-electron chi connectivity index (χ2n) is 14.9. The molecule has 2 amide bonds. The first-order chi connectivity index (χ1) is 22.1. The van der Waals surface area contributed by atoms with Gasteiger partial charge in [-0.2, -0.15) is 5.10 Å². The normalized spacial score (nSPS) is 14.7. The van der Waals surface area contributed by atoms with Crippen molar-refractivity contribution >= 4 is 33.8 Å². The fourth-order valence-electron chi connectivity index (χ4n) is 7.10. The van der Waals surface area contributed by atoms with Gasteiger partial charge in [-0.15, -0.1) is 5.54 Å². The van der Waals surface area contributed by atoms with Gasteiger partial charge >= 0.3 is 5.91 Å². The number of benzene rings is 1. The highest BCUT2D eigenvalue weighted by Crippen LogP contribution is 2.42. The van der Waals surface area contributed by atoms with E-state index in [2.05, 4.69) is 78.0 Å². The Hall–Kier alpha value is -3.08. The number of anilines is 1. The summed E-state index contributed by atoms with van der Waals surface area (Å²) in [5, 5.41) is 7.93. The first-order valence-corrected chi connectivity index (χ1v) is 23.0. The number of carbonyl (C=O) groups excluding carboxylic acids is 2. The van der Waals surface area contributed by atoms with Crippen molar-refractivity contribution in [3.05, 3.63) is 36.0 Å². The number of hydrogen-bond donors (Lipinski definition) is 1. The van der Waals surface area contributed by atoms with Crippen LogP contribution in [-0.4, -0.2) is 64.1 Å². The Balaban J connectivity index is 2.03. The molecule has 260 valence electrons. The number of nitrogens with zero attached hydrogens (tertiary/aromatic N) is 3. The molecule has 11 heteroatoms. The summed E-state index contributed by atoms with van der Waals surface area (Å²) < 4.78 is 18.6. The number of hydrogen-bond acceptors (Lipinski definition) is 6. The molecule has 0 spiro atoms. The maximum Gasteiger partial charge on any atom is 0.304 e. The second-order valence-corrected chi connectivity index (χ2v) is 26.1. The Morgan fingerprint density at radius 2 is 1.64 bits per heavy atom. The zero-order valence-corrected chi connectivity index (χ0v) is 32.7. The highest BCUT2D eigenvalue weighted by Gasteiger charge is 2.50. The molecule has 2 aromatic rings. The van der Waals surface area contributed by atoms with Crippen LogP contribution in [-0.2, 0) is 27.6 Å². The molecule has 1 aromatic carbocycles. The summed E-state index contributed by atoms with van der Waals surface area (Å²) >= 11 is 0. The average Bonchev–Trinajstić information content (AvgIpc) is 3.68. The van der Waals surface area contributed by atoms with Crippen LogP contribution >= 0.6 is 0 Å². The summed E-state index contributed by atoms with van der Waals surface area (Å²) in [6.07, 6.45) is 4.49. The number of amides is 2. The van der Waals surface area contributed by atoms with Crippen molar-refractivity contribution in [1.29, 1.82) is 0 Å². The zero-order valence-electron chi connectivity index (χ0n) is 30.7. The molecule has 0 aliphatic heterocycles. The van der Waals surface area contributed by atoms with Gasteiger partial charge in [0.05, 0.1) is 14.2 Å². The fraction of sp³-hybridized carbons (Fsp3) is 0.639. The van der Waals surface area contributed by atoms with Crippen molar-refractivity contribution in [2.45, 2.75) is 128 Å². The first-order valence-electron chi connectivity index (χ1n) is 17.1. The van der Waals surface area contributed by atoms with Gasteiger partial charge in [-0.25, -0.2) is 4.68 Å². The maximum absolute atomic E-state index is 14.5. The highest BCUT2D eigenvalue weighted by molar-refractivity contribution is 6.90. The van der Waals surface area contributed by atoms with Gasteiger partial charge in [0.1, 0.15) is 31.8 Å². The van der Waals surface area contributed by atoms with Crippen molar-refractivity contribution in [3.63, 3.8) is 0 Å². The summed E-state index contributed by atoms with van der Waals surface area (Å²) in [5.41, 5.74) is 4.38. The Bertz CT molecular complexity index is 1390. The molecule has 0 saturated heterocycles. The molecule has 1 aliphatic carbocycles. The van der Waals surface area contributed by atoms with E-state index in [0.29, 0.717) is 53.4 Å². The molecule has 1 fully saturated rings. The molecule has 0 radical (unpaired) electrons. The molecular weight excluding hydrogens is 625 g/mol. The third-order valence-electron chi connectivity index (χ3n) is 9.75. The number of carbonyl (C=O) groups is 2. The zero-order chi connectivity index (χ0) is 35.0. The van der Waals surface area contributed by atoms with Crippen LogP contribution < -0.4 is 19.7 Å². The minimum atomic E-state index is -2.21. The van der Waals surface area contributed by atoms with E-state index >= 15 is 0 Å². The van der Waals surface area contributed by atoms with Gasteiger partial charge in [0.2, 0.25) is 5.91 Å². The van der Waals surface area contributed by atoms with Crippen molar-refractivity contribution in [2.75, 3.05) is 25.7 Å². The van der Waals surface area contributed by atoms with E-state index in [9.17, 15) is 9.59 Å². The number of aromatic nitrogens is 2. The van der Waals surface area contributed by atoms with E-state index < -0.39 is 21.7 Å². The predicted molar refractivity (Wildman–Crippen MR) is 195 cm³/mol. The topological polar surface area (TPSA) is 94.9 Å². The molecule has 1 aliphatic rings. The van der Waals surface area contributed by atoms with Crippen LogP contribution in [0.3, 0.4) is 0 Å². The van der Waals surface area contributed by atoms with E-state index in [4.69, 9.17) is 19.3 Å². The van der Waals surface area contributed by atoms with Gasteiger partial charge < -0.3 is 19.5 Å². The quantitative estimate of drug-likeness (QED) is 0.120. The largest absolute Gasteiger partial charge is 0.497 e. The van der Waals surface area contributed by atoms with Crippen LogP contribution in [0.1, 0.15) is 72.8 Å². The SMILES string of the molecule is COc1ccc(CNC(=O)C2(N(C(=O)C#C[Si](C(C)C)(C(C)C)C(C)C)c3ccn(COCC[Si](C)(C)C)n3)CCCC2)c(OC)c1. The standard InChI is InChI=1S/C36H58N4O5Si2/c1-27(2)47(28(3)4,29(5)6)22-17-34(41)40(33-16-20-39(38-33)26-45-21-23-46(9,10)11)36(18-12-13-19-36)35(42)37-25-30-14-15-31(43-7)24-32(30)44-8/h14-16,20,24,27-29H,12-13,18-19,21,23,25-26H2,1-11H3,(H,37,42). The summed E-state index contributed by atoms with van der Waals surface area (Å²) in [7, 11) is -0.251. The Morgan fingerprint density at radius 3 is 2.19 bits per heavy atom. The van der Waals surface area contributed by atoms with Gasteiger partial charge in [0.15, 0.2) is 5.82 Å². The molecular formula is C36H58N4O5Si2. The third-order valence-corrected chi connectivity index (χ3v) is 17.7. The van der Waals surface area contributed by atoms with Gasteiger partial charge in [0, 0.05) is 45.1 Å². The Morgan fingerprint density at radius 1 is 1.00 bits per heavy atom. The molecule has 1 aromatic heterocycles. The lowest BCUT2D eigenvalue weighted by Gasteiger charge is -2.39. The molecule has 47 heavy (non-hydrogen) atoms. The molecule has 1 saturated carbocycles. The van der Waals surface area contributed by atoms with Gasteiger partial charge in [-0.05, 0) is 53.6 Å². The van der Waals surface area contributed by atoms with E-state index in [0.717, 1.165) is 24.4 Å². The minimum absolute atomic E-state index is 0.218. The van der Waals surface area contributed by atoms with E-state index in [1.54, 1.807) is 35.9 Å². The molecule has 1 heterocycles. The van der Waals surface area contributed by atoms with Crippen molar-refractivity contribution in [2.24, 2.45) is 0 Å². The molecule has 3 rings (SSSR count). The molecule has 0 bridgehead atoms. The molecule has 0 atom stereocenters. The van der Waals surface area contributed by atoms with E-state index in [-0.39, 0.29) is 25.1 Å². The highest BCUT2D eigenvalue weighted by atomic mass is 28.3. The minimum Gasteiger partial charge on any atom is -0.497 e. The summed E-state index contributed by atoms with van der Waals surface area (Å²) in [5.74, 6) is 4.22. The maximum atomic E-state index is 14.5. The number of ether oxygens (including phenoxy) is 3. The summed E-state index contributed by atoms with van der Waals surface area (Å²) in [4.78, 5) is 30.4. The number of nitrogens with one attached hydrogen (secondary N) is 1. The lowest BCUT2D eigenvalue weighted by Crippen LogP contribution is -2.59. The van der Waals surface area contributed by atoms with Crippen molar-refractivity contribution in [1.82, 2.24) is 15.1 Å². The average molecular weight is 683 g/mol. The number of rotatable bonds is 15. The van der Waals surface area contributed by atoms with E-state index in [1.165, 1.54) is 0 Å². The van der Waals surface area contributed by atoms with Crippen LogP contribution in [0.4, 0.5) is 5.82 Å². The fourth-order valence-corrected chi connectivity index (χ4v) is 13.0. The van der Waals surface area contributed by atoms with Crippen LogP contribution in [0.2, 0.25) is 42.3 Å². The Kier molecular flexibility index (Phi) is 13.4. The molecule has 9 nitrogen and oxygen atoms in total. The van der Waals surface area contributed by atoms with Gasteiger partial charge in [0.25, 0.3) is 0 Å². The van der Waals surface area contributed by atoms with Crippen molar-refractivity contribution in [3.8, 4) is 23.0 Å². The van der Waals surface area contributed by atoms with E-state index in [1.807, 2.05) is 18.3 Å². The Labute approximate surface area is 285 Å². The third kappa shape index (κ3) is 9.09. The van der Waals surface area contributed by atoms with Crippen LogP contribution in [0.25, 0.3) is 0 Å². The summed E-state index contributed by atoms with van der Waals surface area (Å²) in [6.45, 7) is 21.5. The smallest absolute Gasteiger partial charge is 0.304 e. The van der Waals surface area contributed by atoms with Gasteiger partial charge in [-0.3, -0.25) is 14.5 Å². The van der Waals surface area contributed by atoms with Crippen LogP contribution in [0, 0.1) is 11.5 Å². The van der Waals surface area contributed by atoms with Gasteiger partial charge in [-0.1, -0.05) is 74.0 Å². The van der Waals surface area contributed by atoms with Crippen LogP contribution in [0.5, 0.6) is 11.5 Å². The predicted octanol–water partition coefficient (Wildman–Crippen LogP) is 7.40. The lowest BCUT2D eigenvalue weighted by molar-refractivity contribution is -0.129. The lowest BCUT2D eigenvalue weighted by atomic mass is 9.93. The monoisotopic (exact) mass is 682 g/mol. The number of methoxy groups -OCH3 is 2. The molecule has 1 N–H and O–H groups in total. The second kappa shape index (κ2) is 16.4. The first kappa shape index (κ1) is 38.4. The molecule has 0 unspecified atom stereocenters. The van der Waals surface area contributed by atoms with Crippen molar-refractivity contribution < 1.29 is 23.8 Å². The van der Waals surface area contributed by atoms with Crippen LogP contribution in [0.15, 0.2) is 30.5 Å². The summed E-state index contributed by atoms with van der Waals surface area (Å²) in [6, 6.07) is 8.37.